The summed E-state index contributed by atoms with van der Waals surface area (Å²) < 4.78 is 0. The first kappa shape index (κ1) is 16.0. The Balaban J connectivity index is 1.73. The van der Waals surface area contributed by atoms with Crippen LogP contribution in [0.3, 0.4) is 0 Å². The molecule has 120 valence electrons. The van der Waals surface area contributed by atoms with E-state index >= 15 is 0 Å². The van der Waals surface area contributed by atoms with Gasteiger partial charge in [-0.15, -0.1) is 0 Å². The second kappa shape index (κ2) is 7.10. The van der Waals surface area contributed by atoms with E-state index in [1.807, 2.05) is 48.5 Å². The maximum Gasteiger partial charge on any atom is 0.221 e. The molecular weight excluding hydrogens is 324 g/mol. The van der Waals surface area contributed by atoms with E-state index in [4.69, 9.17) is 11.6 Å². The van der Waals surface area contributed by atoms with Crippen molar-refractivity contribution in [1.82, 2.24) is 4.98 Å². The Bertz CT molecular complexity index is 907. The lowest BCUT2D eigenvalue weighted by Gasteiger charge is -2.05. The first-order chi connectivity index (χ1) is 11.6. The molecule has 24 heavy (non-hydrogen) atoms. The molecule has 0 spiro atoms. The Morgan fingerprint density at radius 2 is 1.96 bits per heavy atom. The predicted molar refractivity (Wildman–Crippen MR) is 98.7 cm³/mol. The van der Waals surface area contributed by atoms with Crippen molar-refractivity contribution in [3.05, 3.63) is 65.3 Å². The molecule has 2 aromatic carbocycles. The SMILES string of the molecule is CC(=O)Nc1ccc(C=NNc2ccnc3cc(Cl)ccc23)cc1. The van der Waals surface area contributed by atoms with Crippen LogP contribution in [0.15, 0.2) is 59.8 Å². The van der Waals surface area contributed by atoms with E-state index in [-0.39, 0.29) is 5.91 Å². The van der Waals surface area contributed by atoms with E-state index in [2.05, 4.69) is 20.8 Å². The molecule has 0 radical (unpaired) electrons. The van der Waals surface area contributed by atoms with Crippen LogP contribution in [0.25, 0.3) is 10.9 Å². The van der Waals surface area contributed by atoms with E-state index in [1.54, 1.807) is 12.4 Å². The molecule has 0 aliphatic carbocycles. The molecule has 0 bridgehead atoms. The number of rotatable bonds is 4. The number of amides is 1. The van der Waals surface area contributed by atoms with Gasteiger partial charge in [-0.2, -0.15) is 5.10 Å². The summed E-state index contributed by atoms with van der Waals surface area (Å²) in [5.74, 6) is -0.0947. The zero-order valence-electron chi connectivity index (χ0n) is 13.0. The minimum atomic E-state index is -0.0947. The van der Waals surface area contributed by atoms with E-state index < -0.39 is 0 Å². The highest BCUT2D eigenvalue weighted by molar-refractivity contribution is 6.31. The van der Waals surface area contributed by atoms with Gasteiger partial charge in [-0.1, -0.05) is 23.7 Å². The molecule has 0 saturated heterocycles. The highest BCUT2D eigenvalue weighted by Gasteiger charge is 2.01. The van der Waals surface area contributed by atoms with Crippen LogP contribution in [-0.4, -0.2) is 17.1 Å². The van der Waals surface area contributed by atoms with Crippen molar-refractivity contribution in [3.63, 3.8) is 0 Å². The van der Waals surface area contributed by atoms with Crippen molar-refractivity contribution in [1.29, 1.82) is 0 Å². The molecule has 1 aromatic heterocycles. The highest BCUT2D eigenvalue weighted by Crippen LogP contribution is 2.24. The maximum absolute atomic E-state index is 11.0. The smallest absolute Gasteiger partial charge is 0.221 e. The molecule has 1 heterocycles. The summed E-state index contributed by atoms with van der Waals surface area (Å²) >= 11 is 5.98. The van der Waals surface area contributed by atoms with Gasteiger partial charge in [0.1, 0.15) is 0 Å². The van der Waals surface area contributed by atoms with Crippen LogP contribution in [0, 0.1) is 0 Å². The van der Waals surface area contributed by atoms with Gasteiger partial charge >= 0.3 is 0 Å². The summed E-state index contributed by atoms with van der Waals surface area (Å²) in [6, 6.07) is 14.8. The average Bonchev–Trinajstić information content (AvgIpc) is 2.56. The van der Waals surface area contributed by atoms with Gasteiger partial charge in [-0.3, -0.25) is 15.2 Å². The lowest BCUT2D eigenvalue weighted by molar-refractivity contribution is -0.114. The Kier molecular flexibility index (Phi) is 4.72. The van der Waals surface area contributed by atoms with Gasteiger partial charge in [0.25, 0.3) is 0 Å². The summed E-state index contributed by atoms with van der Waals surface area (Å²) in [6.07, 6.45) is 3.42. The molecule has 0 atom stereocenters. The maximum atomic E-state index is 11.0. The number of hydrogen-bond acceptors (Lipinski definition) is 4. The van der Waals surface area contributed by atoms with E-state index in [0.717, 1.165) is 27.8 Å². The zero-order valence-corrected chi connectivity index (χ0v) is 13.7. The number of aromatic nitrogens is 1. The van der Waals surface area contributed by atoms with Crippen LogP contribution >= 0.6 is 11.6 Å². The number of nitrogens with zero attached hydrogens (tertiary/aromatic N) is 2. The molecule has 0 aliphatic rings. The normalized spacial score (nSPS) is 10.9. The van der Waals surface area contributed by atoms with Crippen molar-refractivity contribution in [2.45, 2.75) is 6.92 Å². The van der Waals surface area contributed by atoms with Crippen molar-refractivity contribution in [2.24, 2.45) is 5.10 Å². The molecule has 0 saturated carbocycles. The van der Waals surface area contributed by atoms with Gasteiger partial charge in [0.2, 0.25) is 5.91 Å². The van der Waals surface area contributed by atoms with Crippen molar-refractivity contribution >= 4 is 46.0 Å². The average molecular weight is 339 g/mol. The Morgan fingerprint density at radius 3 is 2.71 bits per heavy atom. The van der Waals surface area contributed by atoms with Crippen LogP contribution in [0.5, 0.6) is 0 Å². The summed E-state index contributed by atoms with van der Waals surface area (Å²) in [6.45, 7) is 1.48. The number of pyridine rings is 1. The standard InChI is InChI=1S/C18H15ClN4O/c1-12(24)22-15-5-2-13(3-6-15)11-21-23-17-8-9-20-18-10-14(19)4-7-16(17)18/h2-11H,1H3,(H,20,23)(H,22,24). The molecule has 5 nitrogen and oxygen atoms in total. The number of hydrogen-bond donors (Lipinski definition) is 2. The van der Waals surface area contributed by atoms with E-state index in [1.165, 1.54) is 6.92 Å². The van der Waals surface area contributed by atoms with E-state index in [9.17, 15) is 4.79 Å². The number of carbonyl (C=O) groups is 1. The number of halogens is 1. The number of benzene rings is 2. The van der Waals surface area contributed by atoms with Gasteiger partial charge in [0, 0.05) is 29.2 Å². The van der Waals surface area contributed by atoms with Gasteiger partial charge in [0.15, 0.2) is 0 Å². The third-order valence-corrected chi connectivity index (χ3v) is 3.57. The number of hydrazone groups is 1. The third-order valence-electron chi connectivity index (χ3n) is 3.33. The van der Waals surface area contributed by atoms with Crippen LogP contribution in [-0.2, 0) is 4.79 Å². The van der Waals surface area contributed by atoms with Crippen molar-refractivity contribution < 1.29 is 4.79 Å². The monoisotopic (exact) mass is 338 g/mol. The Labute approximate surface area is 144 Å². The van der Waals surface area contributed by atoms with Crippen molar-refractivity contribution in [2.75, 3.05) is 10.7 Å². The van der Waals surface area contributed by atoms with Crippen LogP contribution < -0.4 is 10.7 Å². The van der Waals surface area contributed by atoms with Gasteiger partial charge in [-0.05, 0) is 42.0 Å². The molecule has 3 aromatic rings. The number of nitrogens with one attached hydrogen (secondary N) is 2. The molecule has 2 N–H and O–H groups in total. The first-order valence-corrected chi connectivity index (χ1v) is 7.70. The topological polar surface area (TPSA) is 66.4 Å². The molecule has 3 rings (SSSR count). The fourth-order valence-electron chi connectivity index (χ4n) is 2.25. The zero-order chi connectivity index (χ0) is 16.9. The second-order valence-corrected chi connectivity index (χ2v) is 5.63. The quantitative estimate of drug-likeness (QED) is 0.550. The van der Waals surface area contributed by atoms with Crippen LogP contribution in [0.4, 0.5) is 11.4 Å². The number of anilines is 2. The van der Waals surface area contributed by atoms with E-state index in [0.29, 0.717) is 5.02 Å². The summed E-state index contributed by atoms with van der Waals surface area (Å²) in [7, 11) is 0. The number of fused-ring (bicyclic) bond motifs is 1. The lowest BCUT2D eigenvalue weighted by Crippen LogP contribution is -2.05. The van der Waals surface area contributed by atoms with Gasteiger partial charge < -0.3 is 5.32 Å². The van der Waals surface area contributed by atoms with Crippen LogP contribution in [0.2, 0.25) is 5.02 Å². The molecule has 1 amide bonds. The van der Waals surface area contributed by atoms with Crippen LogP contribution in [0.1, 0.15) is 12.5 Å². The summed E-state index contributed by atoms with van der Waals surface area (Å²) in [5.41, 5.74) is 6.35. The summed E-state index contributed by atoms with van der Waals surface area (Å²) in [5, 5.41) is 8.57. The minimum absolute atomic E-state index is 0.0947. The lowest BCUT2D eigenvalue weighted by atomic mass is 10.2. The molecular formula is C18H15ClN4O. The Morgan fingerprint density at radius 1 is 1.17 bits per heavy atom. The molecule has 0 aliphatic heterocycles. The summed E-state index contributed by atoms with van der Waals surface area (Å²) in [4.78, 5) is 15.3. The highest BCUT2D eigenvalue weighted by atomic mass is 35.5. The third kappa shape index (κ3) is 3.88. The molecule has 0 unspecified atom stereocenters. The largest absolute Gasteiger partial charge is 0.326 e. The fourth-order valence-corrected chi connectivity index (χ4v) is 2.42. The second-order valence-electron chi connectivity index (χ2n) is 5.19. The fraction of sp³-hybridized carbons (Fsp3) is 0.0556. The first-order valence-electron chi connectivity index (χ1n) is 7.33. The molecule has 6 heteroatoms. The van der Waals surface area contributed by atoms with Gasteiger partial charge in [0.05, 0.1) is 17.4 Å². The minimum Gasteiger partial charge on any atom is -0.326 e. The number of carbonyl (C=O) groups excluding carboxylic acids is 1. The predicted octanol–water partition coefficient (Wildman–Crippen LogP) is 4.29. The van der Waals surface area contributed by atoms with Gasteiger partial charge in [-0.25, -0.2) is 0 Å². The molecule has 0 fully saturated rings. The Hall–Kier alpha value is -2.92. The van der Waals surface area contributed by atoms with Crippen molar-refractivity contribution in [3.8, 4) is 0 Å².